The summed E-state index contributed by atoms with van der Waals surface area (Å²) in [5.41, 5.74) is 0. The van der Waals surface area contributed by atoms with Gasteiger partial charge < -0.3 is 23.8 Å². The lowest BCUT2D eigenvalue weighted by Gasteiger charge is -2.31. The fourth-order valence-corrected chi connectivity index (χ4v) is 5.08. The molecule has 0 aromatic heterocycles. The Morgan fingerprint density at radius 2 is 1.17 bits per heavy atom. The molecule has 276 valence electrons. The molecule has 0 saturated heterocycles. The van der Waals surface area contributed by atoms with Crippen LogP contribution in [0.15, 0.2) is 48.6 Å². The third kappa shape index (κ3) is 29.4. The summed E-state index contributed by atoms with van der Waals surface area (Å²) in [7, 11) is 5.50. The van der Waals surface area contributed by atoms with E-state index in [2.05, 4.69) is 62.5 Å². The van der Waals surface area contributed by atoms with Gasteiger partial charge >= 0.3 is 17.9 Å². The van der Waals surface area contributed by atoms with Crippen molar-refractivity contribution in [1.29, 1.82) is 0 Å². The van der Waals surface area contributed by atoms with E-state index in [-0.39, 0.29) is 36.2 Å². The lowest BCUT2D eigenvalue weighted by Crippen LogP contribution is -2.50. The Hall–Kier alpha value is -2.71. The minimum absolute atomic E-state index is 0.0504. The zero-order valence-electron chi connectivity index (χ0n) is 31.2. The number of carbonyl (C=O) groups is 3. The van der Waals surface area contributed by atoms with Gasteiger partial charge in [0, 0.05) is 19.3 Å². The van der Waals surface area contributed by atoms with E-state index in [1.54, 1.807) is 0 Å². The Balaban J connectivity index is 4.44. The van der Waals surface area contributed by atoms with Gasteiger partial charge in [-0.3, -0.25) is 9.59 Å². The highest BCUT2D eigenvalue weighted by atomic mass is 16.6. The van der Waals surface area contributed by atoms with Crippen LogP contribution >= 0.6 is 0 Å². The SMILES string of the molecule is CC/C=C/C/C=C/C/C=C/C/C=C/CCCCCC(=O)OCC(COCCC(C(=O)O)[N+](C)(C)C)OC(=O)CCCCCCCCCC. The second kappa shape index (κ2) is 31.6. The van der Waals surface area contributed by atoms with E-state index in [4.69, 9.17) is 14.2 Å². The zero-order chi connectivity index (χ0) is 35.7. The number of quaternary nitrogens is 1. The number of likely N-dealkylation sites (N-methyl/N-ethyl adjacent to an activating group) is 1. The Morgan fingerprint density at radius 1 is 0.646 bits per heavy atom. The number of carboxylic acid groups (broad SMARTS) is 1. The van der Waals surface area contributed by atoms with Crippen LogP contribution in [-0.2, 0) is 28.6 Å². The van der Waals surface area contributed by atoms with Crippen LogP contribution in [0, 0.1) is 0 Å². The van der Waals surface area contributed by atoms with Crippen LogP contribution in [-0.4, -0.2) is 80.6 Å². The Bertz CT molecular complexity index is 932. The molecule has 0 amide bonds. The molecule has 1 N–H and O–H groups in total. The Morgan fingerprint density at radius 3 is 1.73 bits per heavy atom. The summed E-state index contributed by atoms with van der Waals surface area (Å²) in [5.74, 6) is -1.52. The average Bonchev–Trinajstić information content (AvgIpc) is 3.03. The van der Waals surface area contributed by atoms with Gasteiger partial charge in [-0.05, 0) is 51.4 Å². The van der Waals surface area contributed by atoms with Crippen molar-refractivity contribution in [2.45, 2.75) is 148 Å². The largest absolute Gasteiger partial charge is 0.477 e. The standard InChI is InChI=1S/C40H69NO7/c1-6-8-10-12-14-16-17-18-19-20-21-22-23-25-26-28-30-38(42)47-35-36(34-46-33-32-37(40(44)45)41(3,4)5)48-39(43)31-29-27-24-15-13-11-9-7-2/h8,10,14,16,18-19,21-22,36-37H,6-7,9,11-13,15,17,20,23-35H2,1-5H3/p+1/b10-8+,16-14+,19-18+,22-21+. The number of carbonyl (C=O) groups excluding carboxylic acids is 2. The first-order valence-corrected chi connectivity index (χ1v) is 18.7. The minimum atomic E-state index is -0.883. The molecule has 0 spiro atoms. The van der Waals surface area contributed by atoms with Gasteiger partial charge in [-0.25, -0.2) is 4.79 Å². The lowest BCUT2D eigenvalue weighted by atomic mass is 10.1. The molecular weight excluding hydrogens is 606 g/mol. The molecule has 0 aliphatic heterocycles. The molecule has 0 aliphatic carbocycles. The van der Waals surface area contributed by atoms with E-state index in [0.29, 0.717) is 19.3 Å². The van der Waals surface area contributed by atoms with Crippen molar-refractivity contribution in [3.05, 3.63) is 48.6 Å². The number of ether oxygens (including phenoxy) is 3. The first-order valence-electron chi connectivity index (χ1n) is 18.7. The summed E-state index contributed by atoms with van der Waals surface area (Å²) < 4.78 is 17.1. The molecule has 2 unspecified atom stereocenters. The number of aliphatic carboxylic acids is 1. The van der Waals surface area contributed by atoms with Crippen molar-refractivity contribution in [2.75, 3.05) is 41.0 Å². The molecule has 0 heterocycles. The predicted molar refractivity (Wildman–Crippen MR) is 197 cm³/mol. The number of rotatable bonds is 32. The van der Waals surface area contributed by atoms with Crippen molar-refractivity contribution < 1.29 is 38.2 Å². The van der Waals surface area contributed by atoms with Crippen molar-refractivity contribution in [2.24, 2.45) is 0 Å². The summed E-state index contributed by atoms with van der Waals surface area (Å²) in [4.78, 5) is 36.6. The number of hydrogen-bond acceptors (Lipinski definition) is 6. The van der Waals surface area contributed by atoms with Gasteiger partial charge in [-0.2, -0.15) is 0 Å². The molecule has 0 aliphatic rings. The fourth-order valence-electron chi connectivity index (χ4n) is 5.08. The zero-order valence-corrected chi connectivity index (χ0v) is 31.2. The molecule has 2 atom stereocenters. The number of hydrogen-bond donors (Lipinski definition) is 1. The maximum absolute atomic E-state index is 12.6. The van der Waals surface area contributed by atoms with E-state index in [1.807, 2.05) is 21.1 Å². The lowest BCUT2D eigenvalue weighted by molar-refractivity contribution is -0.887. The van der Waals surface area contributed by atoms with Gasteiger partial charge in [0.1, 0.15) is 6.61 Å². The van der Waals surface area contributed by atoms with Crippen molar-refractivity contribution in [1.82, 2.24) is 0 Å². The van der Waals surface area contributed by atoms with Crippen LogP contribution in [0.4, 0.5) is 0 Å². The van der Waals surface area contributed by atoms with Gasteiger partial charge in [-0.15, -0.1) is 0 Å². The molecule has 0 bridgehead atoms. The smallest absolute Gasteiger partial charge is 0.362 e. The van der Waals surface area contributed by atoms with Crippen molar-refractivity contribution >= 4 is 17.9 Å². The fraction of sp³-hybridized carbons (Fsp3) is 0.725. The third-order valence-electron chi connectivity index (χ3n) is 7.99. The normalized spacial score (nSPS) is 13.6. The van der Waals surface area contributed by atoms with E-state index in [0.717, 1.165) is 70.6 Å². The summed E-state index contributed by atoms with van der Waals surface area (Å²) in [5, 5.41) is 9.56. The summed E-state index contributed by atoms with van der Waals surface area (Å²) in [6.07, 6.45) is 34.5. The Labute approximate surface area is 293 Å². The minimum Gasteiger partial charge on any atom is -0.477 e. The van der Waals surface area contributed by atoms with Gasteiger partial charge in [-0.1, -0.05) is 114 Å². The number of nitrogens with zero attached hydrogens (tertiary/aromatic N) is 1. The van der Waals surface area contributed by atoms with Gasteiger partial charge in [0.05, 0.1) is 34.4 Å². The highest BCUT2D eigenvalue weighted by Crippen LogP contribution is 2.12. The molecule has 0 radical (unpaired) electrons. The summed E-state index contributed by atoms with van der Waals surface area (Å²) in [6, 6.07) is -0.617. The number of carboxylic acids is 1. The maximum atomic E-state index is 12.6. The first kappa shape index (κ1) is 45.3. The summed E-state index contributed by atoms with van der Waals surface area (Å²) >= 11 is 0. The molecular formula is C40H70NO7+. The number of allylic oxidation sites excluding steroid dienone is 8. The molecule has 0 aromatic rings. The monoisotopic (exact) mass is 677 g/mol. The second-order valence-corrected chi connectivity index (χ2v) is 13.5. The molecule has 0 aromatic carbocycles. The Kier molecular flexibility index (Phi) is 29.8. The molecule has 0 fully saturated rings. The van der Waals surface area contributed by atoms with Crippen LogP contribution in [0.2, 0.25) is 0 Å². The summed E-state index contributed by atoms with van der Waals surface area (Å²) in [6.45, 7) is 4.53. The van der Waals surface area contributed by atoms with Crippen LogP contribution in [0.5, 0.6) is 0 Å². The second-order valence-electron chi connectivity index (χ2n) is 13.5. The van der Waals surface area contributed by atoms with Crippen LogP contribution < -0.4 is 0 Å². The molecule has 48 heavy (non-hydrogen) atoms. The highest BCUT2D eigenvalue weighted by molar-refractivity contribution is 5.72. The van der Waals surface area contributed by atoms with Gasteiger partial charge in [0.25, 0.3) is 0 Å². The molecule has 0 rings (SSSR count). The van der Waals surface area contributed by atoms with E-state index in [9.17, 15) is 19.5 Å². The van der Waals surface area contributed by atoms with Gasteiger partial charge in [0.15, 0.2) is 12.1 Å². The third-order valence-corrected chi connectivity index (χ3v) is 7.99. The van der Waals surface area contributed by atoms with Crippen molar-refractivity contribution in [3.8, 4) is 0 Å². The van der Waals surface area contributed by atoms with Crippen LogP contribution in [0.1, 0.15) is 136 Å². The highest BCUT2D eigenvalue weighted by Gasteiger charge is 2.31. The van der Waals surface area contributed by atoms with E-state index in [1.165, 1.54) is 32.1 Å². The number of esters is 2. The molecule has 0 saturated carbocycles. The van der Waals surface area contributed by atoms with Gasteiger partial charge in [0.2, 0.25) is 0 Å². The van der Waals surface area contributed by atoms with Crippen LogP contribution in [0.25, 0.3) is 0 Å². The van der Waals surface area contributed by atoms with Crippen molar-refractivity contribution in [3.63, 3.8) is 0 Å². The van der Waals surface area contributed by atoms with E-state index < -0.39 is 18.1 Å². The van der Waals surface area contributed by atoms with E-state index >= 15 is 0 Å². The average molecular weight is 677 g/mol. The maximum Gasteiger partial charge on any atom is 0.362 e. The topological polar surface area (TPSA) is 99.1 Å². The molecule has 8 nitrogen and oxygen atoms in total. The molecule has 8 heteroatoms. The van der Waals surface area contributed by atoms with Crippen LogP contribution in [0.3, 0.4) is 0 Å². The first-order chi connectivity index (χ1) is 23.1. The number of unbranched alkanes of at least 4 members (excludes halogenated alkanes) is 10. The predicted octanol–water partition coefficient (Wildman–Crippen LogP) is 9.29. The quantitative estimate of drug-likeness (QED) is 0.0328.